The molecule has 2 heterocycles. The van der Waals surface area contributed by atoms with Crippen molar-refractivity contribution in [3.05, 3.63) is 36.4 Å². The number of rotatable bonds is 8. The van der Waals surface area contributed by atoms with Gasteiger partial charge >= 0.3 is 0 Å². The summed E-state index contributed by atoms with van der Waals surface area (Å²) in [5.41, 5.74) is 0.113. The van der Waals surface area contributed by atoms with E-state index >= 15 is 0 Å². The quantitative estimate of drug-likeness (QED) is 0.623. The first-order valence-corrected chi connectivity index (χ1v) is 9.22. The summed E-state index contributed by atoms with van der Waals surface area (Å²) in [7, 11) is 1.67. The predicted octanol–water partition coefficient (Wildman–Crippen LogP) is 1.13. The average molecular weight is 392 g/mol. The van der Waals surface area contributed by atoms with Gasteiger partial charge in [-0.15, -0.1) is 10.2 Å². The van der Waals surface area contributed by atoms with Gasteiger partial charge in [0.25, 0.3) is 0 Å². The first-order chi connectivity index (χ1) is 13.6. The minimum Gasteiger partial charge on any atom is -0.380 e. The number of hydroxylamine groups is 1. The molecule has 1 aromatic heterocycles. The molecule has 0 aliphatic carbocycles. The molecule has 0 saturated carbocycles. The summed E-state index contributed by atoms with van der Waals surface area (Å²) in [6, 6.07) is 6.06. The summed E-state index contributed by atoms with van der Waals surface area (Å²) in [5, 5.41) is 12.6. The Balaban J connectivity index is 1.55. The van der Waals surface area contributed by atoms with Crippen LogP contribution in [0.2, 0.25) is 0 Å². The number of anilines is 1. The highest BCUT2D eigenvalue weighted by Gasteiger charge is 2.31. The molecule has 3 rings (SSSR count). The van der Waals surface area contributed by atoms with Crippen LogP contribution in [0.4, 0.5) is 10.1 Å². The van der Waals surface area contributed by atoms with Crippen LogP contribution in [-0.4, -0.2) is 70.5 Å². The van der Waals surface area contributed by atoms with Crippen LogP contribution in [0.1, 0.15) is 13.3 Å². The van der Waals surface area contributed by atoms with Crippen molar-refractivity contribution in [2.75, 3.05) is 38.4 Å². The van der Waals surface area contributed by atoms with E-state index in [4.69, 9.17) is 9.57 Å². The second kappa shape index (κ2) is 9.67. The number of likely N-dealkylation sites (tertiary alicyclic amines) is 1. The van der Waals surface area contributed by atoms with Crippen molar-refractivity contribution < 1.29 is 18.8 Å². The number of nitrogens with zero attached hydrogens (tertiary/aromatic N) is 6. The van der Waals surface area contributed by atoms with Crippen molar-refractivity contribution in [3.63, 3.8) is 0 Å². The Kier molecular flexibility index (Phi) is 7.01. The van der Waals surface area contributed by atoms with E-state index in [1.54, 1.807) is 24.0 Å². The zero-order chi connectivity index (χ0) is 19.9. The summed E-state index contributed by atoms with van der Waals surface area (Å²) < 4.78 is 19.7. The molecule has 0 bridgehead atoms. The number of amides is 1. The molecule has 28 heavy (non-hydrogen) atoms. The Bertz CT molecular complexity index is 760. The lowest BCUT2D eigenvalue weighted by Crippen LogP contribution is -2.48. The molecule has 0 N–H and O–H groups in total. The first kappa shape index (κ1) is 20.3. The Morgan fingerprint density at radius 3 is 2.86 bits per heavy atom. The third kappa shape index (κ3) is 5.09. The van der Waals surface area contributed by atoms with Crippen molar-refractivity contribution in [2.24, 2.45) is 5.92 Å². The summed E-state index contributed by atoms with van der Waals surface area (Å²) in [4.78, 5) is 21.5. The van der Waals surface area contributed by atoms with Crippen LogP contribution in [0.3, 0.4) is 0 Å². The van der Waals surface area contributed by atoms with Gasteiger partial charge in [-0.25, -0.2) is 4.39 Å². The van der Waals surface area contributed by atoms with Crippen molar-refractivity contribution in [1.29, 1.82) is 0 Å². The number of tetrazole rings is 1. The molecular weight excluding hydrogens is 367 g/mol. The van der Waals surface area contributed by atoms with Gasteiger partial charge in [0.2, 0.25) is 5.91 Å². The van der Waals surface area contributed by atoms with Crippen molar-refractivity contribution in [2.45, 2.75) is 26.0 Å². The molecule has 0 radical (unpaired) electrons. The third-order valence-electron chi connectivity index (χ3n) is 4.87. The number of hydrogen-bond acceptors (Lipinski definition) is 7. The summed E-state index contributed by atoms with van der Waals surface area (Å²) in [6.45, 7) is 4.66. The van der Waals surface area contributed by atoms with Crippen LogP contribution in [0.25, 0.3) is 0 Å². The molecule has 1 saturated heterocycles. The highest BCUT2D eigenvalue weighted by Crippen LogP contribution is 2.24. The Labute approximate surface area is 163 Å². The van der Waals surface area contributed by atoms with Crippen molar-refractivity contribution in [3.8, 4) is 0 Å². The third-order valence-corrected chi connectivity index (χ3v) is 4.87. The van der Waals surface area contributed by atoms with Crippen LogP contribution in [0, 0.1) is 11.7 Å². The molecule has 1 fully saturated rings. The molecule has 152 valence electrons. The highest BCUT2D eigenvalue weighted by molar-refractivity contribution is 5.89. The summed E-state index contributed by atoms with van der Waals surface area (Å²) in [5.74, 6) is -0.784. The van der Waals surface area contributed by atoms with Gasteiger partial charge in [-0.05, 0) is 30.3 Å². The molecule has 0 spiro atoms. The number of aromatic nitrogens is 4. The molecule has 1 amide bonds. The Hall–Kier alpha value is -2.43. The lowest BCUT2D eigenvalue weighted by molar-refractivity contribution is -0.126. The number of carbonyl (C=O) groups is 1. The predicted molar refractivity (Wildman–Crippen MR) is 98.7 cm³/mol. The van der Waals surface area contributed by atoms with E-state index in [1.165, 1.54) is 25.4 Å². The number of carbonyl (C=O) groups excluding carboxylic acids is 1. The summed E-state index contributed by atoms with van der Waals surface area (Å²) in [6.07, 6.45) is 2.20. The van der Waals surface area contributed by atoms with Crippen molar-refractivity contribution in [1.82, 2.24) is 25.1 Å². The lowest BCUT2D eigenvalue weighted by atomic mass is 9.94. The Morgan fingerprint density at radius 2 is 2.18 bits per heavy atom. The molecule has 2 aromatic rings. The van der Waals surface area contributed by atoms with Gasteiger partial charge in [-0.2, -0.15) is 9.86 Å². The van der Waals surface area contributed by atoms with Gasteiger partial charge in [0, 0.05) is 33.0 Å². The number of halogens is 1. The SMILES string of the molecule is CO[C@H]1CN(CCn2ncnn2)CC[C@H]1CON(C(C)=O)c1ccccc1F. The minimum atomic E-state index is -0.502. The maximum atomic E-state index is 14.0. The normalized spacial score (nSPS) is 20.2. The number of methoxy groups -OCH3 is 1. The first-order valence-electron chi connectivity index (χ1n) is 9.22. The maximum Gasteiger partial charge on any atom is 0.247 e. The van der Waals surface area contributed by atoms with E-state index in [0.717, 1.165) is 31.1 Å². The van der Waals surface area contributed by atoms with Gasteiger partial charge in [-0.1, -0.05) is 12.1 Å². The Morgan fingerprint density at radius 1 is 1.36 bits per heavy atom. The average Bonchev–Trinajstić information content (AvgIpc) is 3.21. The number of hydrogen-bond donors (Lipinski definition) is 0. The van der Waals surface area contributed by atoms with Crippen LogP contribution in [0.5, 0.6) is 0 Å². The number of piperidine rings is 1. The molecule has 0 unspecified atom stereocenters. The van der Waals surface area contributed by atoms with Gasteiger partial charge in [-0.3, -0.25) is 14.5 Å². The van der Waals surface area contributed by atoms with E-state index in [9.17, 15) is 9.18 Å². The molecular formula is C18H25FN6O3. The topological polar surface area (TPSA) is 85.6 Å². The lowest BCUT2D eigenvalue weighted by Gasteiger charge is -2.38. The van der Waals surface area contributed by atoms with E-state index in [1.807, 2.05) is 0 Å². The van der Waals surface area contributed by atoms with Gasteiger partial charge in [0.05, 0.1) is 19.3 Å². The smallest absolute Gasteiger partial charge is 0.247 e. The molecule has 1 aliphatic heterocycles. The zero-order valence-corrected chi connectivity index (χ0v) is 16.1. The van der Waals surface area contributed by atoms with Gasteiger partial charge in [0.1, 0.15) is 11.5 Å². The standard InChI is InChI=1S/C18H25FN6O3/c1-14(26)25(17-6-4-3-5-16(17)19)28-12-15-7-8-23(11-18(15)27-2)9-10-24-21-13-20-22-24/h3-6,13,15,18H,7-12H2,1-2H3/t15-,18-/m0/s1. The number of benzene rings is 1. The fourth-order valence-electron chi connectivity index (χ4n) is 3.33. The van der Waals surface area contributed by atoms with Gasteiger partial charge < -0.3 is 4.74 Å². The minimum absolute atomic E-state index is 0.0492. The van der Waals surface area contributed by atoms with Crippen molar-refractivity contribution >= 4 is 11.6 Å². The van der Waals surface area contributed by atoms with Gasteiger partial charge in [0.15, 0.2) is 6.33 Å². The van der Waals surface area contributed by atoms with E-state index in [0.29, 0.717) is 6.54 Å². The van der Waals surface area contributed by atoms with E-state index < -0.39 is 5.82 Å². The fourth-order valence-corrected chi connectivity index (χ4v) is 3.33. The summed E-state index contributed by atoms with van der Waals surface area (Å²) >= 11 is 0. The van der Waals surface area contributed by atoms with E-state index in [2.05, 4.69) is 20.3 Å². The second-order valence-electron chi connectivity index (χ2n) is 6.72. The van der Waals surface area contributed by atoms with Crippen LogP contribution in [0.15, 0.2) is 30.6 Å². The van der Waals surface area contributed by atoms with Crippen LogP contribution < -0.4 is 5.06 Å². The monoisotopic (exact) mass is 392 g/mol. The molecule has 1 aromatic carbocycles. The maximum absolute atomic E-state index is 14.0. The zero-order valence-electron chi connectivity index (χ0n) is 16.1. The largest absolute Gasteiger partial charge is 0.380 e. The second-order valence-corrected chi connectivity index (χ2v) is 6.72. The highest BCUT2D eigenvalue weighted by atomic mass is 19.1. The molecule has 2 atom stereocenters. The molecule has 9 nitrogen and oxygen atoms in total. The molecule has 1 aliphatic rings. The number of ether oxygens (including phenoxy) is 1. The van der Waals surface area contributed by atoms with Crippen LogP contribution in [-0.2, 0) is 20.9 Å². The van der Waals surface area contributed by atoms with Crippen LogP contribution >= 0.6 is 0 Å². The molecule has 10 heteroatoms. The van der Waals surface area contributed by atoms with E-state index in [-0.39, 0.29) is 30.2 Å². The fraction of sp³-hybridized carbons (Fsp3) is 0.556. The number of para-hydroxylation sites is 1.